The van der Waals surface area contributed by atoms with Gasteiger partial charge in [0.05, 0.1) is 5.25 Å². The smallest absolute Gasteiger partial charge is 0.268 e. The minimum Gasteiger partial charge on any atom is -0.508 e. The van der Waals surface area contributed by atoms with Gasteiger partial charge in [-0.3, -0.25) is 4.55 Å². The molecule has 9 rings (SSSR count). The highest BCUT2D eigenvalue weighted by Gasteiger charge is 2.46. The fraction of sp³-hybridized carbons (Fsp3) is 0.382. The summed E-state index contributed by atoms with van der Waals surface area (Å²) in [6.45, 7) is 2.53. The number of aliphatic imine (C=N–C) groups is 1. The predicted molar refractivity (Wildman–Crippen MR) is 169 cm³/mol. The van der Waals surface area contributed by atoms with Gasteiger partial charge < -0.3 is 26.0 Å². The molecule has 5 aliphatic heterocycles. The molecule has 1 fully saturated rings. The highest BCUT2D eigenvalue weighted by atomic mass is 32.2. The Kier molecular flexibility index (Phi) is 8.41. The lowest BCUT2D eigenvalue weighted by Crippen LogP contribution is -2.39. The number of phenolic OH excluding ortho intramolecular Hbond substituents is 1. The first kappa shape index (κ1) is 30.2. The third kappa shape index (κ3) is 6.20. The van der Waals surface area contributed by atoms with Gasteiger partial charge in [0.15, 0.2) is 5.96 Å². The molecule has 232 valence electrons. The number of fused-ring (bicyclic) bond motifs is 2. The quantitative estimate of drug-likeness (QED) is 0.126. The number of hydrogen-bond acceptors (Lipinski definition) is 6. The molecular formula is C34H39N3O6S. The number of nitrogens with two attached hydrogens (primary N) is 2. The summed E-state index contributed by atoms with van der Waals surface area (Å²) in [5.41, 5.74) is 16.1. The van der Waals surface area contributed by atoms with Gasteiger partial charge in [-0.1, -0.05) is 61.5 Å². The molecule has 10 heteroatoms. The molecule has 6 N–H and O–H groups in total. The summed E-state index contributed by atoms with van der Waals surface area (Å²) in [4.78, 5) is 4.33. The number of ether oxygens (including phenoxy) is 2. The van der Waals surface area contributed by atoms with Crippen LogP contribution >= 0.6 is 0 Å². The van der Waals surface area contributed by atoms with Crippen LogP contribution in [0.2, 0.25) is 0 Å². The Labute approximate surface area is 258 Å². The van der Waals surface area contributed by atoms with Crippen molar-refractivity contribution in [2.45, 2.75) is 62.0 Å². The number of allylic oxidation sites excluding steroid dienone is 1. The Balaban J connectivity index is 1.53. The van der Waals surface area contributed by atoms with Gasteiger partial charge >= 0.3 is 0 Å². The van der Waals surface area contributed by atoms with E-state index in [1.807, 2.05) is 67.6 Å². The first-order valence-electron chi connectivity index (χ1n) is 15.1. The van der Waals surface area contributed by atoms with Crippen LogP contribution in [0.3, 0.4) is 0 Å². The van der Waals surface area contributed by atoms with Gasteiger partial charge in [-0.05, 0) is 90.0 Å². The second-order valence-electron chi connectivity index (χ2n) is 12.1. The molecule has 3 aromatic rings. The molecule has 5 heterocycles. The Bertz CT molecular complexity index is 1630. The predicted octanol–water partition coefficient (Wildman–Crippen LogP) is 5.70. The number of benzene rings is 3. The van der Waals surface area contributed by atoms with E-state index in [-0.39, 0.29) is 42.0 Å². The maximum atomic E-state index is 13.4. The van der Waals surface area contributed by atoms with E-state index in [0.717, 1.165) is 40.7 Å². The molecule has 6 bridgehead atoms. The van der Waals surface area contributed by atoms with Crippen LogP contribution < -0.4 is 16.2 Å². The van der Waals surface area contributed by atoms with Gasteiger partial charge in [-0.25, -0.2) is 4.99 Å². The van der Waals surface area contributed by atoms with Crippen molar-refractivity contribution in [3.8, 4) is 11.5 Å². The monoisotopic (exact) mass is 617 g/mol. The molecule has 1 saturated heterocycles. The summed E-state index contributed by atoms with van der Waals surface area (Å²) >= 11 is 0. The number of phenols is 1. The van der Waals surface area contributed by atoms with Gasteiger partial charge in [0.25, 0.3) is 10.1 Å². The molecule has 0 saturated carbocycles. The lowest BCUT2D eigenvalue weighted by molar-refractivity contribution is 0.0813. The zero-order chi connectivity index (χ0) is 31.0. The zero-order valence-corrected chi connectivity index (χ0v) is 25.4. The van der Waals surface area contributed by atoms with Crippen LogP contribution in [0.25, 0.3) is 0 Å². The summed E-state index contributed by atoms with van der Waals surface area (Å²) in [5, 5.41) is 8.84. The highest BCUT2D eigenvalue weighted by Crippen LogP contribution is 2.52. The number of aromatic hydroxyl groups is 1. The van der Waals surface area contributed by atoms with Crippen molar-refractivity contribution >= 4 is 16.1 Å². The lowest BCUT2D eigenvalue weighted by Gasteiger charge is -2.41. The van der Waals surface area contributed by atoms with Crippen molar-refractivity contribution in [1.82, 2.24) is 0 Å². The highest BCUT2D eigenvalue weighted by molar-refractivity contribution is 7.86. The minimum absolute atomic E-state index is 0.0802. The Hall–Kier alpha value is -3.86. The van der Waals surface area contributed by atoms with E-state index in [1.165, 1.54) is 0 Å². The molecule has 0 aromatic heterocycles. The average Bonchev–Trinajstić information content (AvgIpc) is 3.16. The molecule has 6 aliphatic rings. The van der Waals surface area contributed by atoms with Crippen molar-refractivity contribution in [3.05, 3.63) is 107 Å². The van der Waals surface area contributed by atoms with Crippen LogP contribution in [0.1, 0.15) is 79.0 Å². The van der Waals surface area contributed by atoms with Crippen molar-refractivity contribution < 1.29 is 27.6 Å². The number of rotatable bonds is 4. The van der Waals surface area contributed by atoms with Gasteiger partial charge in [-0.15, -0.1) is 0 Å². The van der Waals surface area contributed by atoms with E-state index in [9.17, 15) is 18.1 Å². The molecule has 44 heavy (non-hydrogen) atoms. The summed E-state index contributed by atoms with van der Waals surface area (Å²) in [5.74, 6) is -0.0845. The Morgan fingerprint density at radius 2 is 1.57 bits per heavy atom. The number of nitrogens with zero attached hydrogens (tertiary/aromatic N) is 1. The number of guanidine groups is 1. The largest absolute Gasteiger partial charge is 0.508 e. The van der Waals surface area contributed by atoms with Gasteiger partial charge in [0.2, 0.25) is 6.23 Å². The Morgan fingerprint density at radius 3 is 2.20 bits per heavy atom. The molecule has 7 atom stereocenters. The number of hydrogen-bond donors (Lipinski definition) is 4. The normalized spacial score (nSPS) is 28.4. The van der Waals surface area contributed by atoms with Crippen molar-refractivity contribution in [1.29, 1.82) is 0 Å². The molecule has 9 nitrogen and oxygen atoms in total. The minimum atomic E-state index is -4.46. The van der Waals surface area contributed by atoms with Crippen molar-refractivity contribution in [2.24, 2.45) is 28.3 Å². The summed E-state index contributed by atoms with van der Waals surface area (Å²) in [6, 6.07) is 22.3. The standard InChI is InChI=1S/C34H39N3O6S/c1-2-20-19-30(44(39,40)41)29-18-26-17-25(15-16-42-32(26)23-7-11-27(38)12-8-23)31(29)22-3-5-24(6-4-22)33(37-34(35)36)43-28-13-9-21(20)10-14-28/h3-14,18,20,25,29-33,38H,2,15-17,19H2,1H3,(H4,35,36,37)(H,39,40,41)/t20-,25-,29-,30-,31+,32+,33+/m1/s1. The van der Waals surface area contributed by atoms with Gasteiger partial charge in [0.1, 0.15) is 17.6 Å². The Morgan fingerprint density at radius 1 is 0.932 bits per heavy atom. The van der Waals surface area contributed by atoms with Crippen molar-refractivity contribution in [3.63, 3.8) is 0 Å². The van der Waals surface area contributed by atoms with Crippen molar-refractivity contribution in [2.75, 3.05) is 6.61 Å². The van der Waals surface area contributed by atoms with E-state index < -0.39 is 27.5 Å². The van der Waals surface area contributed by atoms with Crippen LogP contribution in [-0.4, -0.2) is 35.9 Å². The molecular weight excluding hydrogens is 578 g/mol. The van der Waals surface area contributed by atoms with E-state index in [4.69, 9.17) is 20.9 Å². The van der Waals surface area contributed by atoms with E-state index in [2.05, 4.69) is 11.1 Å². The van der Waals surface area contributed by atoms with E-state index in [1.54, 1.807) is 12.1 Å². The second-order valence-corrected chi connectivity index (χ2v) is 13.7. The van der Waals surface area contributed by atoms with Crippen LogP contribution in [0.4, 0.5) is 0 Å². The van der Waals surface area contributed by atoms with E-state index in [0.29, 0.717) is 18.8 Å². The summed E-state index contributed by atoms with van der Waals surface area (Å²) in [6.07, 6.45) is 3.32. The third-order valence-corrected chi connectivity index (χ3v) is 10.7. The van der Waals surface area contributed by atoms with E-state index >= 15 is 0 Å². The van der Waals surface area contributed by atoms with Gasteiger partial charge in [-0.2, -0.15) is 8.42 Å². The van der Waals surface area contributed by atoms with Crippen LogP contribution in [-0.2, 0) is 14.9 Å². The first-order chi connectivity index (χ1) is 21.1. The zero-order valence-electron chi connectivity index (χ0n) is 24.6. The van der Waals surface area contributed by atoms with Crippen LogP contribution in [0, 0.1) is 11.8 Å². The molecule has 0 unspecified atom stereocenters. The fourth-order valence-electron chi connectivity index (χ4n) is 7.31. The molecule has 0 spiro atoms. The van der Waals surface area contributed by atoms with Crippen LogP contribution in [0.15, 0.2) is 89.4 Å². The second kappa shape index (κ2) is 12.3. The SMILES string of the molecule is CC[C@@H]1C[C@@H](S(=O)(=O)O)[C@H]2C=C3C[C@@H](CCO[C@H]3c3ccc(O)cc3)[C@@H]2c2ccc(cc2)[C@@H](N=C(N)N)Oc2ccc1cc2. The molecule has 0 amide bonds. The summed E-state index contributed by atoms with van der Waals surface area (Å²) in [7, 11) is -4.46. The summed E-state index contributed by atoms with van der Waals surface area (Å²) < 4.78 is 50.2. The maximum absolute atomic E-state index is 13.4. The third-order valence-electron chi connectivity index (χ3n) is 9.43. The first-order valence-corrected chi connectivity index (χ1v) is 16.6. The lowest BCUT2D eigenvalue weighted by atomic mass is 9.66. The van der Waals surface area contributed by atoms with Gasteiger partial charge in [0, 0.05) is 18.1 Å². The molecule has 3 aromatic carbocycles. The molecule has 1 aliphatic carbocycles. The van der Waals surface area contributed by atoms with Crippen LogP contribution in [0.5, 0.6) is 11.5 Å². The average molecular weight is 618 g/mol. The fourth-order valence-corrected chi connectivity index (χ4v) is 8.43. The topological polar surface area (TPSA) is 157 Å². The molecule has 0 radical (unpaired) electrons. The maximum Gasteiger partial charge on any atom is 0.268 e.